The number of benzene rings is 1. The maximum atomic E-state index is 12.6. The second kappa shape index (κ2) is 6.55. The van der Waals surface area contributed by atoms with Crippen LogP contribution in [-0.2, 0) is 10.0 Å². The fourth-order valence-electron chi connectivity index (χ4n) is 1.67. The van der Waals surface area contributed by atoms with E-state index in [4.69, 9.17) is 0 Å². The van der Waals surface area contributed by atoms with Gasteiger partial charge in [0.1, 0.15) is 6.54 Å². The molecule has 0 N–H and O–H groups in total. The molecule has 1 aromatic carbocycles. The molecule has 9 heteroatoms. The molecule has 0 heterocycles. The molecule has 120 valence electrons. The first kappa shape index (κ1) is 18.9. The summed E-state index contributed by atoms with van der Waals surface area (Å²) >= 11 is 6.30. The first-order chi connectivity index (χ1) is 9.36. The monoisotopic (exact) mass is 451 g/mol. The summed E-state index contributed by atoms with van der Waals surface area (Å²) in [4.78, 5) is -0.196. The number of hydrogen-bond acceptors (Lipinski definition) is 2. The lowest BCUT2D eigenvalue weighted by Gasteiger charge is -2.27. The molecule has 0 aliphatic carbocycles. The van der Waals surface area contributed by atoms with Crippen LogP contribution in [0.5, 0.6) is 0 Å². The van der Waals surface area contributed by atoms with Crippen molar-refractivity contribution in [1.29, 1.82) is 0 Å². The van der Waals surface area contributed by atoms with E-state index in [1.165, 1.54) is 19.9 Å². The summed E-state index contributed by atoms with van der Waals surface area (Å²) in [7, 11) is -4.27. The van der Waals surface area contributed by atoms with E-state index in [-0.39, 0.29) is 9.37 Å². The number of nitrogens with zero attached hydrogens (tertiary/aromatic N) is 1. The summed E-state index contributed by atoms with van der Waals surface area (Å²) in [6.07, 6.45) is -4.61. The number of alkyl halides is 3. The lowest BCUT2D eigenvalue weighted by molar-refractivity contribution is -0.138. The normalized spacial score (nSPS) is 13.2. The van der Waals surface area contributed by atoms with Crippen LogP contribution in [0, 0.1) is 6.92 Å². The molecule has 3 nitrogen and oxygen atoms in total. The van der Waals surface area contributed by atoms with Crippen LogP contribution in [0.25, 0.3) is 0 Å². The van der Waals surface area contributed by atoms with Crippen LogP contribution in [-0.4, -0.2) is 31.5 Å². The molecule has 0 radical (unpaired) electrons. The second-order valence-corrected chi connectivity index (χ2v) is 8.36. The van der Waals surface area contributed by atoms with Crippen LogP contribution in [0.2, 0.25) is 0 Å². The Morgan fingerprint density at radius 2 is 1.71 bits per heavy atom. The predicted octanol–water partition coefficient (Wildman–Crippen LogP) is 4.48. The number of hydrogen-bond donors (Lipinski definition) is 0. The highest BCUT2D eigenvalue weighted by atomic mass is 79.9. The van der Waals surface area contributed by atoms with Crippen molar-refractivity contribution in [2.45, 2.75) is 37.9 Å². The van der Waals surface area contributed by atoms with Crippen LogP contribution in [0.1, 0.15) is 19.4 Å². The molecule has 1 aromatic rings. The molecular formula is C12H14Br2F3NO2S. The molecule has 0 atom stereocenters. The number of aryl methyl sites for hydroxylation is 1. The van der Waals surface area contributed by atoms with Crippen molar-refractivity contribution in [3.63, 3.8) is 0 Å². The van der Waals surface area contributed by atoms with Gasteiger partial charge in [0.05, 0.1) is 4.90 Å². The highest BCUT2D eigenvalue weighted by Gasteiger charge is 2.39. The van der Waals surface area contributed by atoms with Gasteiger partial charge in [-0.2, -0.15) is 17.5 Å². The van der Waals surface area contributed by atoms with Gasteiger partial charge in [-0.1, -0.05) is 15.9 Å². The minimum atomic E-state index is -4.61. The SMILES string of the molecule is Cc1cc(Br)c(S(=O)(=O)N(CC(F)(F)F)C(C)C)cc1Br. The second-order valence-electron chi connectivity index (χ2n) is 4.79. The Morgan fingerprint density at radius 1 is 1.19 bits per heavy atom. The third kappa shape index (κ3) is 4.67. The average Bonchev–Trinajstić information content (AvgIpc) is 2.29. The standard InChI is InChI=1S/C12H14Br2F3NO2S/c1-7(2)18(6-12(15,16)17)21(19,20)11-5-9(13)8(3)4-10(11)14/h4-5,7H,6H2,1-3H3. The Bertz CT molecular complexity index is 630. The van der Waals surface area contributed by atoms with Gasteiger partial charge in [-0.15, -0.1) is 0 Å². The van der Waals surface area contributed by atoms with Gasteiger partial charge in [-0.25, -0.2) is 8.42 Å². The summed E-state index contributed by atoms with van der Waals surface area (Å²) in [5.41, 5.74) is 0.771. The number of rotatable bonds is 4. The van der Waals surface area contributed by atoms with Gasteiger partial charge in [0, 0.05) is 15.0 Å². The smallest absolute Gasteiger partial charge is 0.207 e. The van der Waals surface area contributed by atoms with Crippen LogP contribution in [0.3, 0.4) is 0 Å². The number of halogens is 5. The average molecular weight is 453 g/mol. The zero-order valence-corrected chi connectivity index (χ0v) is 15.5. The third-order valence-electron chi connectivity index (χ3n) is 2.71. The lowest BCUT2D eigenvalue weighted by atomic mass is 10.2. The molecule has 0 aliphatic heterocycles. The first-order valence-corrected chi connectivity index (χ1v) is 8.93. The summed E-state index contributed by atoms with van der Waals surface area (Å²) in [5.74, 6) is 0. The number of sulfonamides is 1. The van der Waals surface area contributed by atoms with E-state index in [2.05, 4.69) is 31.9 Å². The Hall–Kier alpha value is -0.120. The third-order valence-corrected chi connectivity index (χ3v) is 6.55. The van der Waals surface area contributed by atoms with Crippen LogP contribution in [0.4, 0.5) is 13.2 Å². The maximum Gasteiger partial charge on any atom is 0.402 e. The van der Waals surface area contributed by atoms with Crippen molar-refractivity contribution in [2.75, 3.05) is 6.54 Å². The van der Waals surface area contributed by atoms with E-state index in [1.54, 1.807) is 13.0 Å². The van der Waals surface area contributed by atoms with Gasteiger partial charge in [0.15, 0.2) is 0 Å². The fourth-order valence-corrected chi connectivity index (χ4v) is 4.94. The van der Waals surface area contributed by atoms with Gasteiger partial charge >= 0.3 is 6.18 Å². The zero-order valence-electron chi connectivity index (χ0n) is 11.5. The predicted molar refractivity (Wildman–Crippen MR) is 81.7 cm³/mol. The lowest BCUT2D eigenvalue weighted by Crippen LogP contribution is -2.43. The summed E-state index contributed by atoms with van der Waals surface area (Å²) in [5, 5.41) is 0. The molecule has 0 unspecified atom stereocenters. The van der Waals surface area contributed by atoms with Crippen molar-refractivity contribution in [3.05, 3.63) is 26.6 Å². The Labute approximate surface area is 138 Å². The Kier molecular flexibility index (Phi) is 5.91. The minimum Gasteiger partial charge on any atom is -0.207 e. The molecule has 0 fully saturated rings. The van der Waals surface area contributed by atoms with Gasteiger partial charge in [-0.3, -0.25) is 0 Å². The van der Waals surface area contributed by atoms with E-state index in [9.17, 15) is 21.6 Å². The van der Waals surface area contributed by atoms with Gasteiger partial charge in [0.25, 0.3) is 0 Å². The summed E-state index contributed by atoms with van der Waals surface area (Å²) < 4.78 is 64.1. The molecule has 0 saturated carbocycles. The fraction of sp³-hybridized carbons (Fsp3) is 0.500. The first-order valence-electron chi connectivity index (χ1n) is 5.90. The molecule has 21 heavy (non-hydrogen) atoms. The molecule has 0 amide bonds. The van der Waals surface area contributed by atoms with Crippen LogP contribution in [0.15, 0.2) is 26.0 Å². The summed E-state index contributed by atoms with van der Waals surface area (Å²) in [6.45, 7) is 3.03. The molecule has 0 bridgehead atoms. The van der Waals surface area contributed by atoms with Crippen LogP contribution < -0.4 is 0 Å². The van der Waals surface area contributed by atoms with Crippen molar-refractivity contribution in [2.24, 2.45) is 0 Å². The van der Waals surface area contributed by atoms with E-state index in [0.717, 1.165) is 5.56 Å². The van der Waals surface area contributed by atoms with Gasteiger partial charge in [-0.05, 0) is 54.4 Å². The largest absolute Gasteiger partial charge is 0.402 e. The Balaban J connectivity index is 3.40. The van der Waals surface area contributed by atoms with E-state index in [1.807, 2.05) is 0 Å². The maximum absolute atomic E-state index is 12.6. The van der Waals surface area contributed by atoms with Crippen molar-refractivity contribution in [3.8, 4) is 0 Å². The molecule has 0 aromatic heterocycles. The molecule has 1 rings (SSSR count). The van der Waals surface area contributed by atoms with Gasteiger partial charge in [0.2, 0.25) is 10.0 Å². The van der Waals surface area contributed by atoms with Crippen molar-refractivity contribution < 1.29 is 21.6 Å². The molecule has 0 saturated heterocycles. The molecular weight excluding hydrogens is 439 g/mol. The molecule has 0 spiro atoms. The van der Waals surface area contributed by atoms with Crippen molar-refractivity contribution in [1.82, 2.24) is 4.31 Å². The highest BCUT2D eigenvalue weighted by molar-refractivity contribution is 9.11. The highest BCUT2D eigenvalue weighted by Crippen LogP contribution is 2.32. The summed E-state index contributed by atoms with van der Waals surface area (Å²) in [6, 6.07) is 2.03. The topological polar surface area (TPSA) is 37.4 Å². The van der Waals surface area contributed by atoms with Crippen molar-refractivity contribution >= 4 is 41.9 Å². The molecule has 0 aliphatic rings. The van der Waals surface area contributed by atoms with E-state index in [0.29, 0.717) is 8.78 Å². The minimum absolute atomic E-state index is 0.196. The Morgan fingerprint density at radius 3 is 2.14 bits per heavy atom. The quantitative estimate of drug-likeness (QED) is 0.675. The van der Waals surface area contributed by atoms with E-state index < -0.39 is 28.8 Å². The zero-order chi connectivity index (χ0) is 16.6. The van der Waals surface area contributed by atoms with E-state index >= 15 is 0 Å². The van der Waals surface area contributed by atoms with Gasteiger partial charge < -0.3 is 0 Å². The van der Waals surface area contributed by atoms with Crippen LogP contribution >= 0.6 is 31.9 Å².